The third kappa shape index (κ3) is 12.1. The lowest BCUT2D eigenvalue weighted by atomic mass is 9.95. The number of carbonyl (C=O) groups excluding carboxylic acids is 1. The Morgan fingerprint density at radius 1 is 0.388 bits per heavy atom. The Kier molecular flexibility index (Phi) is 20.8. The van der Waals surface area contributed by atoms with Crippen molar-refractivity contribution >= 4 is 6.29 Å². The first-order chi connectivity index (χ1) is 31.7. The highest BCUT2D eigenvalue weighted by Gasteiger charge is 2.57. The van der Waals surface area contributed by atoms with Gasteiger partial charge in [0.05, 0.1) is 39.6 Å². The van der Waals surface area contributed by atoms with Gasteiger partial charge in [0.1, 0.15) is 146 Å². The monoisotopic (exact) mass is 990 g/mol. The number of carbonyl (C=O) groups is 1. The van der Waals surface area contributed by atoms with Gasteiger partial charge in [0.2, 0.25) is 0 Å². The third-order valence-corrected chi connectivity index (χ3v) is 12.0. The lowest BCUT2D eigenvalue weighted by Gasteiger charge is -2.49. The molecule has 0 aromatic carbocycles. The van der Waals surface area contributed by atoms with E-state index in [1.165, 1.54) is 0 Å². The number of aliphatic hydroxyl groups is 20. The Labute approximate surface area is 378 Å². The Hall–Kier alpha value is -1.53. The van der Waals surface area contributed by atoms with Crippen LogP contribution in [0.1, 0.15) is 0 Å². The predicted octanol–water partition coefficient (Wildman–Crippen LogP) is -14.3. The molecule has 0 aromatic heterocycles. The summed E-state index contributed by atoms with van der Waals surface area (Å²) in [6.45, 7) is -6.01. The molecule has 5 fully saturated rings. The molecule has 0 bridgehead atoms. The third-order valence-electron chi connectivity index (χ3n) is 12.0. The molecule has 0 spiro atoms. The van der Waals surface area contributed by atoms with Gasteiger partial charge in [-0.3, -0.25) is 0 Å². The summed E-state index contributed by atoms with van der Waals surface area (Å²) in [6, 6.07) is 0. The van der Waals surface area contributed by atoms with Gasteiger partial charge in [0, 0.05) is 0 Å². The molecule has 0 amide bonds. The number of ether oxygens (including phenoxy) is 10. The van der Waals surface area contributed by atoms with Gasteiger partial charge < -0.3 is 154 Å². The molecular formula is C36H62O31. The van der Waals surface area contributed by atoms with Crippen LogP contribution in [0.25, 0.3) is 0 Å². The fourth-order valence-electron chi connectivity index (χ4n) is 8.06. The molecule has 5 heterocycles. The SMILES string of the molecule is O=C[C@H](O)[C@@H](O)C(O[C@H]1O[C@H](CO)[C@@H](O[C@H]2O[C@H](CO)[C@@H](O[C@H]3O[C@H](CO)[C@@H](O[C@H]4O[C@H](CO)[C@@H](O[C@H]5O[C@H](CO)[C@@H](O)[C@H](O)[C@H]5O)[C@H](O)[C@H]4O)[C@H](O)[C@H]3O)[C@H](O)[C@H]2O)[C@H](O)[C@H]1O)[C@H](O)CO. The minimum atomic E-state index is -2.20. The zero-order valence-electron chi connectivity index (χ0n) is 35.0. The second kappa shape index (κ2) is 24.7. The maximum absolute atomic E-state index is 11.2. The number of aldehydes is 1. The fraction of sp³-hybridized carbons (Fsp3) is 0.972. The van der Waals surface area contributed by atoms with Crippen molar-refractivity contribution in [1.29, 1.82) is 0 Å². The summed E-state index contributed by atoms with van der Waals surface area (Å²) in [7, 11) is 0. The molecule has 0 aromatic rings. The van der Waals surface area contributed by atoms with E-state index in [2.05, 4.69) is 0 Å². The molecule has 5 aliphatic heterocycles. The van der Waals surface area contributed by atoms with Crippen LogP contribution < -0.4 is 0 Å². The molecule has 5 rings (SSSR count). The Morgan fingerprint density at radius 2 is 0.672 bits per heavy atom. The van der Waals surface area contributed by atoms with E-state index in [4.69, 9.17) is 47.4 Å². The zero-order chi connectivity index (χ0) is 49.8. The van der Waals surface area contributed by atoms with Crippen molar-refractivity contribution in [2.45, 2.75) is 178 Å². The summed E-state index contributed by atoms with van der Waals surface area (Å²) in [5, 5.41) is 208. The second-order valence-corrected chi connectivity index (χ2v) is 16.4. The molecule has 0 radical (unpaired) electrons. The van der Waals surface area contributed by atoms with Gasteiger partial charge in [-0.25, -0.2) is 0 Å². The van der Waals surface area contributed by atoms with Crippen molar-refractivity contribution in [1.82, 2.24) is 0 Å². The zero-order valence-corrected chi connectivity index (χ0v) is 35.0. The summed E-state index contributed by atoms with van der Waals surface area (Å²) >= 11 is 0. The summed E-state index contributed by atoms with van der Waals surface area (Å²) in [4.78, 5) is 11.0. The van der Waals surface area contributed by atoms with Gasteiger partial charge in [-0.1, -0.05) is 0 Å². The molecule has 67 heavy (non-hydrogen) atoms. The number of rotatable bonds is 20. The molecule has 392 valence electrons. The van der Waals surface area contributed by atoms with Crippen molar-refractivity contribution in [2.24, 2.45) is 0 Å². The molecule has 5 aliphatic rings. The molecule has 1 unspecified atom stereocenters. The van der Waals surface area contributed by atoms with E-state index in [0.29, 0.717) is 0 Å². The molecule has 5 saturated heterocycles. The number of hydrogen-bond acceptors (Lipinski definition) is 31. The van der Waals surface area contributed by atoms with Crippen LogP contribution in [0.3, 0.4) is 0 Å². The Morgan fingerprint density at radius 3 is 0.970 bits per heavy atom. The van der Waals surface area contributed by atoms with Gasteiger partial charge >= 0.3 is 0 Å². The fourth-order valence-corrected chi connectivity index (χ4v) is 8.06. The van der Waals surface area contributed by atoms with Crippen molar-refractivity contribution in [3.8, 4) is 0 Å². The van der Waals surface area contributed by atoms with Crippen LogP contribution >= 0.6 is 0 Å². The minimum absolute atomic E-state index is 0.124. The van der Waals surface area contributed by atoms with Crippen LogP contribution in [0.4, 0.5) is 0 Å². The van der Waals surface area contributed by atoms with Crippen LogP contribution in [0, 0.1) is 0 Å². The van der Waals surface area contributed by atoms with Crippen LogP contribution in [0.5, 0.6) is 0 Å². The molecular weight excluding hydrogens is 928 g/mol. The summed E-state index contributed by atoms with van der Waals surface area (Å²) in [5.41, 5.74) is 0. The smallest absolute Gasteiger partial charge is 0.187 e. The van der Waals surface area contributed by atoms with E-state index in [9.17, 15) is 107 Å². The van der Waals surface area contributed by atoms with E-state index in [-0.39, 0.29) is 6.29 Å². The Balaban J connectivity index is 1.22. The van der Waals surface area contributed by atoms with E-state index in [1.807, 2.05) is 0 Å². The lowest BCUT2D eigenvalue weighted by molar-refractivity contribution is -0.394. The summed E-state index contributed by atoms with van der Waals surface area (Å²) in [6.07, 6.45) is -56.8. The first kappa shape index (κ1) is 56.4. The van der Waals surface area contributed by atoms with Crippen molar-refractivity contribution in [3.05, 3.63) is 0 Å². The number of hydrogen-bond donors (Lipinski definition) is 20. The first-order valence-electron chi connectivity index (χ1n) is 20.9. The quantitative estimate of drug-likeness (QED) is 0.0504. The maximum Gasteiger partial charge on any atom is 0.187 e. The van der Waals surface area contributed by atoms with E-state index in [1.54, 1.807) is 0 Å². The van der Waals surface area contributed by atoms with Crippen molar-refractivity contribution in [2.75, 3.05) is 39.6 Å². The largest absolute Gasteiger partial charge is 0.394 e. The van der Waals surface area contributed by atoms with Gasteiger partial charge in [-0.05, 0) is 0 Å². The molecule has 29 atom stereocenters. The average Bonchev–Trinajstić information content (AvgIpc) is 3.33. The molecule has 0 aliphatic carbocycles. The first-order valence-corrected chi connectivity index (χ1v) is 20.9. The summed E-state index contributed by atoms with van der Waals surface area (Å²) < 4.78 is 55.0. The maximum atomic E-state index is 11.2. The molecule has 31 nitrogen and oxygen atoms in total. The number of aliphatic hydroxyl groups excluding tert-OH is 20. The highest BCUT2D eigenvalue weighted by molar-refractivity contribution is 5.56. The van der Waals surface area contributed by atoms with Crippen LogP contribution in [0.15, 0.2) is 0 Å². The molecule has 31 heteroatoms. The average molecular weight is 991 g/mol. The van der Waals surface area contributed by atoms with Crippen LogP contribution in [0.2, 0.25) is 0 Å². The Bertz CT molecular complexity index is 1480. The minimum Gasteiger partial charge on any atom is -0.394 e. The second-order valence-electron chi connectivity index (χ2n) is 16.4. The van der Waals surface area contributed by atoms with Crippen molar-refractivity contribution < 1.29 is 154 Å². The van der Waals surface area contributed by atoms with E-state index < -0.39 is 218 Å². The van der Waals surface area contributed by atoms with Crippen LogP contribution in [-0.2, 0) is 52.2 Å². The van der Waals surface area contributed by atoms with Crippen molar-refractivity contribution in [3.63, 3.8) is 0 Å². The molecule has 20 N–H and O–H groups in total. The van der Waals surface area contributed by atoms with E-state index >= 15 is 0 Å². The van der Waals surface area contributed by atoms with Gasteiger partial charge in [-0.2, -0.15) is 0 Å². The highest BCUT2D eigenvalue weighted by Crippen LogP contribution is 2.36. The van der Waals surface area contributed by atoms with Gasteiger partial charge in [0.15, 0.2) is 37.7 Å². The topological polar surface area (TPSA) is 514 Å². The molecule has 0 saturated carbocycles. The van der Waals surface area contributed by atoms with Crippen LogP contribution in [-0.4, -0.2) is 326 Å². The highest BCUT2D eigenvalue weighted by atomic mass is 16.8. The normalized spacial score (nSPS) is 48.3. The van der Waals surface area contributed by atoms with E-state index in [0.717, 1.165) is 0 Å². The van der Waals surface area contributed by atoms with Gasteiger partial charge in [0.25, 0.3) is 0 Å². The predicted molar refractivity (Wildman–Crippen MR) is 200 cm³/mol. The van der Waals surface area contributed by atoms with Gasteiger partial charge in [-0.15, -0.1) is 0 Å². The summed E-state index contributed by atoms with van der Waals surface area (Å²) in [5.74, 6) is 0. The standard InChI is InChI=1S/C36H62O31/c37-1-8(44)15(46)27(9(45)2-38)63-33-23(54)18(49)29(11(4-40)59-33)65-35-25(56)20(51)31(13(6-42)61-35)67-36-26(57)21(52)30(14(7-43)62-36)66-34-24(55)19(50)28(12(5-41)60-34)64-32-22(53)17(48)16(47)10(3-39)58-32/h1,8-36,38-57H,2-7H2/t8-,9+,10+,11+,12+,13+,14+,15+,16+,17-,18+,19+,20+,21+,22+,23+,24+,25+,26+,27?,28+,29+,30+,31+,32+,33+,34+,35+,36+/m0/s1. The lowest BCUT2D eigenvalue weighted by Crippen LogP contribution is -2.68.